The van der Waals surface area contributed by atoms with Crippen LogP contribution in [0.15, 0.2) is 29.2 Å². The first-order chi connectivity index (χ1) is 10.8. The van der Waals surface area contributed by atoms with Gasteiger partial charge in [0.1, 0.15) is 0 Å². The topological polar surface area (TPSA) is 69.7 Å². The molecule has 6 nitrogen and oxygen atoms in total. The molecule has 130 valence electrons. The van der Waals surface area contributed by atoms with E-state index in [1.807, 2.05) is 19.0 Å². The molecule has 7 heteroatoms. The molecule has 1 amide bonds. The van der Waals surface area contributed by atoms with Gasteiger partial charge < -0.3 is 10.2 Å². The maximum atomic E-state index is 12.5. The van der Waals surface area contributed by atoms with Crippen molar-refractivity contribution in [2.24, 2.45) is 0 Å². The molecule has 0 bridgehead atoms. The first kappa shape index (κ1) is 19.6. The molecule has 1 aromatic carbocycles. The van der Waals surface area contributed by atoms with Crippen LogP contribution in [-0.4, -0.2) is 63.8 Å². The Labute approximate surface area is 139 Å². The van der Waals surface area contributed by atoms with Crippen LogP contribution >= 0.6 is 0 Å². The zero-order chi connectivity index (χ0) is 17.5. The molecule has 0 fully saturated rings. The third-order valence-electron chi connectivity index (χ3n) is 3.51. The van der Waals surface area contributed by atoms with Crippen molar-refractivity contribution >= 4 is 15.9 Å². The number of nitrogens with zero attached hydrogens (tertiary/aromatic N) is 2. The van der Waals surface area contributed by atoms with E-state index in [1.165, 1.54) is 16.4 Å². The lowest BCUT2D eigenvalue weighted by Crippen LogP contribution is -2.31. The van der Waals surface area contributed by atoms with Gasteiger partial charge >= 0.3 is 0 Å². The van der Waals surface area contributed by atoms with Gasteiger partial charge in [0.25, 0.3) is 5.91 Å². The van der Waals surface area contributed by atoms with Gasteiger partial charge in [-0.2, -0.15) is 4.31 Å². The first-order valence-electron chi connectivity index (χ1n) is 7.86. The second-order valence-corrected chi connectivity index (χ2v) is 7.47. The quantitative estimate of drug-likeness (QED) is 0.689. The van der Waals surface area contributed by atoms with Gasteiger partial charge in [0.15, 0.2) is 0 Å². The van der Waals surface area contributed by atoms with Crippen LogP contribution in [0.25, 0.3) is 0 Å². The maximum Gasteiger partial charge on any atom is 0.251 e. The SMILES string of the molecule is CCN(CC)S(=O)(=O)c1cccc(C(=O)NCCCN(C)C)c1. The van der Waals surface area contributed by atoms with Crippen LogP contribution in [0.3, 0.4) is 0 Å². The van der Waals surface area contributed by atoms with Gasteiger partial charge in [-0.25, -0.2) is 8.42 Å². The average Bonchev–Trinajstić information content (AvgIpc) is 2.52. The zero-order valence-corrected chi connectivity index (χ0v) is 15.2. The number of amides is 1. The van der Waals surface area contributed by atoms with E-state index in [0.717, 1.165) is 13.0 Å². The average molecular weight is 341 g/mol. The molecule has 0 atom stereocenters. The summed E-state index contributed by atoms with van der Waals surface area (Å²) in [6.07, 6.45) is 0.843. The van der Waals surface area contributed by atoms with Gasteiger partial charge in [-0.1, -0.05) is 19.9 Å². The third-order valence-corrected chi connectivity index (χ3v) is 5.55. The third kappa shape index (κ3) is 5.60. The Hall–Kier alpha value is -1.44. The second kappa shape index (κ2) is 9.00. The minimum absolute atomic E-state index is 0.155. The molecule has 0 aromatic heterocycles. The van der Waals surface area contributed by atoms with Gasteiger partial charge in [-0.05, 0) is 45.3 Å². The van der Waals surface area contributed by atoms with E-state index in [9.17, 15) is 13.2 Å². The van der Waals surface area contributed by atoms with Crippen LogP contribution < -0.4 is 5.32 Å². The highest BCUT2D eigenvalue weighted by molar-refractivity contribution is 7.89. The van der Waals surface area contributed by atoms with Gasteiger partial charge in [0.2, 0.25) is 10.0 Å². The molecule has 1 aromatic rings. The van der Waals surface area contributed by atoms with Crippen LogP contribution in [0.1, 0.15) is 30.6 Å². The van der Waals surface area contributed by atoms with Crippen molar-refractivity contribution in [3.63, 3.8) is 0 Å². The first-order valence-corrected chi connectivity index (χ1v) is 9.30. The standard InChI is InChI=1S/C16H27N3O3S/c1-5-19(6-2)23(21,22)15-10-7-9-14(13-15)16(20)17-11-8-12-18(3)4/h7,9-10,13H,5-6,8,11-12H2,1-4H3,(H,17,20). The highest BCUT2D eigenvalue weighted by atomic mass is 32.2. The summed E-state index contributed by atoms with van der Waals surface area (Å²) >= 11 is 0. The lowest BCUT2D eigenvalue weighted by atomic mass is 10.2. The van der Waals surface area contributed by atoms with Crippen molar-refractivity contribution in [2.75, 3.05) is 40.3 Å². The van der Waals surface area contributed by atoms with E-state index >= 15 is 0 Å². The van der Waals surface area contributed by atoms with Crippen molar-refractivity contribution in [3.8, 4) is 0 Å². The molecule has 23 heavy (non-hydrogen) atoms. The fourth-order valence-electron chi connectivity index (χ4n) is 2.21. The van der Waals surface area contributed by atoms with E-state index in [4.69, 9.17) is 0 Å². The fourth-order valence-corrected chi connectivity index (χ4v) is 3.71. The molecule has 0 aliphatic heterocycles. The van der Waals surface area contributed by atoms with Crippen LogP contribution in [0.5, 0.6) is 0 Å². The largest absolute Gasteiger partial charge is 0.352 e. The summed E-state index contributed by atoms with van der Waals surface area (Å²) in [7, 11) is 0.404. The lowest BCUT2D eigenvalue weighted by Gasteiger charge is -2.18. The molecule has 0 saturated heterocycles. The smallest absolute Gasteiger partial charge is 0.251 e. The molecule has 0 aliphatic carbocycles. The molecule has 0 radical (unpaired) electrons. The Kier molecular flexibility index (Phi) is 7.67. The summed E-state index contributed by atoms with van der Waals surface area (Å²) in [5.74, 6) is -0.250. The number of sulfonamides is 1. The van der Waals surface area contributed by atoms with Crippen molar-refractivity contribution in [3.05, 3.63) is 29.8 Å². The van der Waals surface area contributed by atoms with Gasteiger partial charge in [-0.15, -0.1) is 0 Å². The number of nitrogens with one attached hydrogen (secondary N) is 1. The normalized spacial score (nSPS) is 11.9. The molecule has 0 unspecified atom stereocenters. The number of carbonyl (C=O) groups is 1. The Balaban J connectivity index is 2.82. The van der Waals surface area contributed by atoms with Crippen LogP contribution in [-0.2, 0) is 10.0 Å². The highest BCUT2D eigenvalue weighted by Crippen LogP contribution is 2.16. The Morgan fingerprint density at radius 1 is 1.17 bits per heavy atom. The molecular weight excluding hydrogens is 314 g/mol. The summed E-state index contributed by atoms with van der Waals surface area (Å²) in [6.45, 7) is 5.84. The van der Waals surface area contributed by atoms with Crippen LogP contribution in [0.2, 0.25) is 0 Å². The summed E-state index contributed by atoms with van der Waals surface area (Å²) in [5.41, 5.74) is 0.364. The number of carbonyl (C=O) groups excluding carboxylic acids is 1. The summed E-state index contributed by atoms with van der Waals surface area (Å²) in [4.78, 5) is 14.3. The predicted molar refractivity (Wildman–Crippen MR) is 92.1 cm³/mol. The van der Waals surface area contributed by atoms with Gasteiger partial charge in [0, 0.05) is 25.2 Å². The maximum absolute atomic E-state index is 12.5. The van der Waals surface area contributed by atoms with Crippen molar-refractivity contribution < 1.29 is 13.2 Å². The summed E-state index contributed by atoms with van der Waals surface area (Å²) < 4.78 is 26.4. The summed E-state index contributed by atoms with van der Waals surface area (Å²) in [6, 6.07) is 6.19. The Bertz CT molecular complexity index is 611. The number of benzene rings is 1. The van der Waals surface area contributed by atoms with Gasteiger partial charge in [-0.3, -0.25) is 4.79 Å². The zero-order valence-electron chi connectivity index (χ0n) is 14.4. The molecule has 0 saturated carbocycles. The highest BCUT2D eigenvalue weighted by Gasteiger charge is 2.22. The Morgan fingerprint density at radius 3 is 2.39 bits per heavy atom. The number of hydrogen-bond acceptors (Lipinski definition) is 4. The Morgan fingerprint density at radius 2 is 1.83 bits per heavy atom. The minimum atomic E-state index is -3.55. The van der Waals surface area contributed by atoms with Crippen molar-refractivity contribution in [2.45, 2.75) is 25.2 Å². The number of rotatable bonds is 9. The molecule has 1 N–H and O–H groups in total. The number of hydrogen-bond donors (Lipinski definition) is 1. The monoisotopic (exact) mass is 341 g/mol. The summed E-state index contributed by atoms with van der Waals surface area (Å²) in [5, 5.41) is 2.82. The molecule has 1 rings (SSSR count). The molecule has 0 heterocycles. The lowest BCUT2D eigenvalue weighted by molar-refractivity contribution is 0.0952. The van der Waals surface area contributed by atoms with E-state index in [1.54, 1.807) is 26.0 Å². The second-order valence-electron chi connectivity index (χ2n) is 5.53. The van der Waals surface area contributed by atoms with Crippen LogP contribution in [0, 0.1) is 0 Å². The van der Waals surface area contributed by atoms with Gasteiger partial charge in [0.05, 0.1) is 4.90 Å². The van der Waals surface area contributed by atoms with E-state index in [-0.39, 0.29) is 10.8 Å². The fraction of sp³-hybridized carbons (Fsp3) is 0.562. The van der Waals surface area contributed by atoms with E-state index in [0.29, 0.717) is 25.2 Å². The van der Waals surface area contributed by atoms with Crippen LogP contribution in [0.4, 0.5) is 0 Å². The molecular formula is C16H27N3O3S. The van der Waals surface area contributed by atoms with Crippen molar-refractivity contribution in [1.82, 2.24) is 14.5 Å². The molecule has 0 aliphatic rings. The van der Waals surface area contributed by atoms with E-state index in [2.05, 4.69) is 5.32 Å². The van der Waals surface area contributed by atoms with Crippen molar-refractivity contribution in [1.29, 1.82) is 0 Å². The molecule has 0 spiro atoms. The minimum Gasteiger partial charge on any atom is -0.352 e. The predicted octanol–water partition coefficient (Wildman–Crippen LogP) is 1.40. The van der Waals surface area contributed by atoms with E-state index < -0.39 is 10.0 Å².